The van der Waals surface area contributed by atoms with E-state index in [-0.39, 0.29) is 16.2 Å². The number of hydrogen-bond donors (Lipinski definition) is 1. The lowest BCUT2D eigenvalue weighted by atomic mass is 9.60. The fourth-order valence-corrected chi connectivity index (χ4v) is 5.12. The minimum absolute atomic E-state index is 0.00613. The lowest BCUT2D eigenvalue weighted by Crippen LogP contribution is -2.54. The van der Waals surface area contributed by atoms with E-state index in [9.17, 15) is 31.9 Å². The number of nitrogens with zero attached hydrogens (tertiary/aromatic N) is 2. The zero-order chi connectivity index (χ0) is 25.6. The number of aliphatic hydroxyl groups is 1. The van der Waals surface area contributed by atoms with Crippen LogP contribution in [-0.2, 0) is 19.6 Å². The number of rotatable bonds is 4. The van der Waals surface area contributed by atoms with Crippen LogP contribution < -0.4 is 0 Å². The number of carbonyl (C=O) groups is 2. The van der Waals surface area contributed by atoms with Gasteiger partial charge in [-0.25, -0.2) is 8.78 Å². The summed E-state index contributed by atoms with van der Waals surface area (Å²) < 4.78 is 56.0. The summed E-state index contributed by atoms with van der Waals surface area (Å²) in [6, 6.07) is 9.38. The maximum absolute atomic E-state index is 13.4. The molecule has 0 amide bonds. The van der Waals surface area contributed by atoms with Crippen LogP contribution in [0, 0.1) is 17.8 Å². The molecule has 1 aromatic carbocycles. The number of halogens is 2. The Bertz CT molecular complexity index is 1340. The Balaban J connectivity index is 2.37. The third-order valence-electron chi connectivity index (χ3n) is 5.83. The number of aryl methyl sites for hydroxylation is 1. The van der Waals surface area contributed by atoms with Crippen molar-refractivity contribution in [1.82, 2.24) is 4.98 Å². The summed E-state index contributed by atoms with van der Waals surface area (Å²) in [5.74, 6) is -2.10. The minimum atomic E-state index is -4.37. The van der Waals surface area contributed by atoms with Crippen molar-refractivity contribution in [3.63, 3.8) is 0 Å². The first-order valence-electron chi connectivity index (χ1n) is 10.3. The molecule has 1 heterocycles. The molecule has 1 aromatic heterocycles. The molecule has 0 bridgehead atoms. The van der Waals surface area contributed by atoms with E-state index in [1.807, 2.05) is 0 Å². The number of Topliss-reactive ketones (excluding diaryl/α,β-unsaturated/α-hetero) is 2. The number of ketones is 2. The van der Waals surface area contributed by atoms with Crippen molar-refractivity contribution in [2.75, 3.05) is 0 Å². The number of pyridine rings is 1. The van der Waals surface area contributed by atoms with Crippen molar-refractivity contribution < 1.29 is 31.9 Å². The molecule has 0 aliphatic heterocycles. The van der Waals surface area contributed by atoms with Gasteiger partial charge in [-0.2, -0.15) is 12.8 Å². The summed E-state index contributed by atoms with van der Waals surface area (Å²) in [6.07, 6.45) is -2.84. The van der Waals surface area contributed by atoms with Crippen molar-refractivity contribution in [1.29, 1.82) is 0 Å². The number of allylic oxidation sites excluding steroid dienone is 1. The smallest absolute Gasteiger partial charge is 0.282 e. The van der Waals surface area contributed by atoms with Crippen molar-refractivity contribution in [3.05, 3.63) is 65.0 Å². The second-order valence-electron chi connectivity index (χ2n) is 9.03. The number of alkyl halides is 2. The molecule has 0 unspecified atom stereocenters. The van der Waals surface area contributed by atoms with Gasteiger partial charge in [-0.1, -0.05) is 18.2 Å². The SMILES string of the molecule is Cc1nc(C(F)F)ccc1/C(O)=C1\C(=O)C(C)(C)C(=O)C(C)(C)\C1=N/S(=O)(=O)c1ccccc1. The van der Waals surface area contributed by atoms with Crippen LogP contribution in [0.5, 0.6) is 0 Å². The Morgan fingerprint density at radius 3 is 2.12 bits per heavy atom. The van der Waals surface area contributed by atoms with E-state index in [1.54, 1.807) is 6.07 Å². The Hall–Kier alpha value is -3.27. The Morgan fingerprint density at radius 2 is 1.59 bits per heavy atom. The molecule has 180 valence electrons. The molecular weight excluding hydrogens is 466 g/mol. The molecule has 10 heteroatoms. The van der Waals surface area contributed by atoms with Crippen LogP contribution in [0.25, 0.3) is 5.76 Å². The second kappa shape index (κ2) is 8.50. The molecule has 1 aliphatic carbocycles. The van der Waals surface area contributed by atoms with Crippen LogP contribution in [0.4, 0.5) is 8.78 Å². The Morgan fingerprint density at radius 1 is 1.00 bits per heavy atom. The maximum Gasteiger partial charge on any atom is 0.282 e. The highest BCUT2D eigenvalue weighted by atomic mass is 32.2. The van der Waals surface area contributed by atoms with Crippen LogP contribution >= 0.6 is 0 Å². The number of hydrogen-bond acceptors (Lipinski definition) is 6. The van der Waals surface area contributed by atoms with Gasteiger partial charge in [0.15, 0.2) is 11.6 Å². The number of aliphatic hydroxyl groups excluding tert-OH is 1. The van der Waals surface area contributed by atoms with Crippen molar-refractivity contribution in [2.24, 2.45) is 15.2 Å². The highest BCUT2D eigenvalue weighted by Crippen LogP contribution is 2.44. The molecule has 7 nitrogen and oxygen atoms in total. The summed E-state index contributed by atoms with van der Waals surface area (Å²) >= 11 is 0. The van der Waals surface area contributed by atoms with Crippen LogP contribution in [0.2, 0.25) is 0 Å². The van der Waals surface area contributed by atoms with E-state index in [2.05, 4.69) is 9.38 Å². The van der Waals surface area contributed by atoms with E-state index < -0.39 is 61.6 Å². The summed E-state index contributed by atoms with van der Waals surface area (Å²) in [6.45, 7) is 6.95. The van der Waals surface area contributed by atoms with Gasteiger partial charge in [-0.15, -0.1) is 0 Å². The van der Waals surface area contributed by atoms with Gasteiger partial charge in [0.05, 0.1) is 27.0 Å². The van der Waals surface area contributed by atoms with Crippen molar-refractivity contribution in [3.8, 4) is 0 Å². The molecule has 0 spiro atoms. The number of benzene rings is 1. The topological polar surface area (TPSA) is 114 Å². The third kappa shape index (κ3) is 4.18. The highest BCUT2D eigenvalue weighted by Gasteiger charge is 2.56. The van der Waals surface area contributed by atoms with Crippen LogP contribution in [0.15, 0.2) is 57.3 Å². The van der Waals surface area contributed by atoms with Gasteiger partial charge in [-0.3, -0.25) is 14.6 Å². The summed E-state index contributed by atoms with van der Waals surface area (Å²) in [5.41, 5.74) is -4.67. The van der Waals surface area contributed by atoms with Crippen LogP contribution in [-0.4, -0.2) is 35.8 Å². The summed E-state index contributed by atoms with van der Waals surface area (Å²) in [5, 5.41) is 11.2. The van der Waals surface area contributed by atoms with Gasteiger partial charge in [0, 0.05) is 11.3 Å². The molecular formula is C24H24F2N2O5S. The third-order valence-corrected chi connectivity index (χ3v) is 7.13. The molecule has 0 radical (unpaired) electrons. The molecule has 34 heavy (non-hydrogen) atoms. The Kier molecular flexibility index (Phi) is 6.34. The first kappa shape index (κ1) is 25.4. The number of sulfonamides is 1. The fraction of sp³-hybridized carbons (Fsp3) is 0.333. The first-order valence-corrected chi connectivity index (χ1v) is 11.8. The predicted octanol–water partition coefficient (Wildman–Crippen LogP) is 4.63. The van der Waals surface area contributed by atoms with Crippen LogP contribution in [0.3, 0.4) is 0 Å². The standard InChI is InChI=1S/C24H24F2N2O5S/c1-13-15(11-12-16(27-13)21(25)26)18(29)17-19(23(2,3)22(31)24(4,5)20(17)30)28-34(32,33)14-9-7-6-8-10-14/h6-12,21,29H,1-5H3/b18-17+,28-19-. The molecule has 0 saturated heterocycles. The van der Waals surface area contributed by atoms with Gasteiger partial charge in [0.2, 0.25) is 0 Å². The first-order chi connectivity index (χ1) is 15.6. The van der Waals surface area contributed by atoms with Crippen molar-refractivity contribution >= 4 is 33.1 Å². The van der Waals surface area contributed by atoms with Crippen molar-refractivity contribution in [2.45, 2.75) is 45.9 Å². The van der Waals surface area contributed by atoms with Gasteiger partial charge < -0.3 is 5.11 Å². The van der Waals surface area contributed by atoms with E-state index in [4.69, 9.17) is 0 Å². The number of aromatic nitrogens is 1. The normalized spacial score (nSPS) is 20.6. The number of carbonyl (C=O) groups excluding carboxylic acids is 2. The molecule has 1 aliphatic rings. The van der Waals surface area contributed by atoms with Gasteiger partial charge in [-0.05, 0) is 58.9 Å². The zero-order valence-corrected chi connectivity index (χ0v) is 20.1. The van der Waals surface area contributed by atoms with E-state index in [1.165, 1.54) is 65.0 Å². The highest BCUT2D eigenvalue weighted by molar-refractivity contribution is 7.90. The van der Waals surface area contributed by atoms with Gasteiger partial charge in [0.25, 0.3) is 16.4 Å². The molecule has 1 fully saturated rings. The molecule has 2 aromatic rings. The average Bonchev–Trinajstić information content (AvgIpc) is 2.77. The lowest BCUT2D eigenvalue weighted by Gasteiger charge is -2.40. The average molecular weight is 491 g/mol. The van der Waals surface area contributed by atoms with Gasteiger partial charge in [0.1, 0.15) is 11.5 Å². The zero-order valence-electron chi connectivity index (χ0n) is 19.3. The largest absolute Gasteiger partial charge is 0.506 e. The summed E-state index contributed by atoms with van der Waals surface area (Å²) in [4.78, 5) is 30.2. The van der Waals surface area contributed by atoms with Gasteiger partial charge >= 0.3 is 0 Å². The monoisotopic (exact) mass is 490 g/mol. The molecule has 0 atom stereocenters. The van der Waals surface area contributed by atoms with E-state index >= 15 is 0 Å². The quantitative estimate of drug-likeness (QED) is 0.380. The molecule has 3 rings (SSSR count). The van der Waals surface area contributed by atoms with E-state index in [0.29, 0.717) is 0 Å². The second-order valence-corrected chi connectivity index (χ2v) is 10.6. The molecule has 1 saturated carbocycles. The van der Waals surface area contributed by atoms with Crippen LogP contribution in [0.1, 0.15) is 51.1 Å². The van der Waals surface area contributed by atoms with E-state index in [0.717, 1.165) is 6.07 Å². The lowest BCUT2D eigenvalue weighted by molar-refractivity contribution is -0.141. The molecule has 1 N–H and O–H groups in total. The maximum atomic E-state index is 13.4. The Labute approximate surface area is 196 Å². The predicted molar refractivity (Wildman–Crippen MR) is 122 cm³/mol. The minimum Gasteiger partial charge on any atom is -0.506 e. The fourth-order valence-electron chi connectivity index (χ4n) is 3.96. The summed E-state index contributed by atoms with van der Waals surface area (Å²) in [7, 11) is -4.37.